The molecule has 1 N–H and O–H groups in total. The summed E-state index contributed by atoms with van der Waals surface area (Å²) in [7, 11) is 0. The summed E-state index contributed by atoms with van der Waals surface area (Å²) >= 11 is 5.67. The van der Waals surface area contributed by atoms with Crippen molar-refractivity contribution in [1.82, 2.24) is 0 Å². The molecule has 1 nitrogen and oxygen atoms in total. The van der Waals surface area contributed by atoms with Crippen LogP contribution in [0, 0.1) is 0 Å². The number of halogens is 1. The lowest BCUT2D eigenvalue weighted by molar-refractivity contribution is -0.896. The van der Waals surface area contributed by atoms with Gasteiger partial charge in [0, 0.05) is 0 Å². The fourth-order valence-electron chi connectivity index (χ4n) is 1.61. The summed E-state index contributed by atoms with van der Waals surface area (Å²) in [5.74, 6) is 0.829. The van der Waals surface area contributed by atoms with Crippen molar-refractivity contribution in [3.05, 3.63) is 0 Å². The lowest BCUT2D eigenvalue weighted by Gasteiger charge is -2.14. The van der Waals surface area contributed by atoms with Gasteiger partial charge in [0.05, 0.1) is 25.5 Å². The lowest BCUT2D eigenvalue weighted by atomic mass is 10.2. The van der Waals surface area contributed by atoms with E-state index in [1.807, 2.05) is 0 Å². The number of hydrogen-bond acceptors (Lipinski definition) is 0. The van der Waals surface area contributed by atoms with E-state index in [9.17, 15) is 0 Å². The first-order valence-electron chi connectivity index (χ1n) is 4.33. The van der Waals surface area contributed by atoms with Crippen LogP contribution < -0.4 is 4.90 Å². The largest absolute Gasteiger partial charge is 0.334 e. The SMILES string of the molecule is ClCC[NH+]1CCCCCC1. The molecule has 0 atom stereocenters. The van der Waals surface area contributed by atoms with E-state index in [4.69, 9.17) is 11.6 Å². The molecule has 0 aromatic carbocycles. The van der Waals surface area contributed by atoms with Gasteiger partial charge >= 0.3 is 0 Å². The maximum Gasteiger partial charge on any atom is 0.0908 e. The average molecular weight is 163 g/mol. The highest BCUT2D eigenvalue weighted by atomic mass is 35.5. The van der Waals surface area contributed by atoms with Gasteiger partial charge in [0.1, 0.15) is 0 Å². The Morgan fingerprint density at radius 1 is 1.00 bits per heavy atom. The third kappa shape index (κ3) is 2.89. The van der Waals surface area contributed by atoms with Crippen molar-refractivity contribution >= 4 is 11.6 Å². The van der Waals surface area contributed by atoms with E-state index in [-0.39, 0.29) is 0 Å². The molecule has 1 saturated heterocycles. The summed E-state index contributed by atoms with van der Waals surface area (Å²) in [6, 6.07) is 0. The molecule has 1 aliphatic heterocycles. The van der Waals surface area contributed by atoms with E-state index in [0.717, 1.165) is 5.88 Å². The average Bonchev–Trinajstić information content (AvgIpc) is 2.17. The Morgan fingerprint density at radius 2 is 1.60 bits per heavy atom. The molecule has 1 rings (SSSR count). The molecule has 10 heavy (non-hydrogen) atoms. The molecule has 2 heteroatoms. The Labute approximate surface area is 68.4 Å². The minimum atomic E-state index is 0.829. The Bertz CT molecular complexity index is 77.3. The second kappa shape index (κ2) is 4.97. The van der Waals surface area contributed by atoms with Crippen LogP contribution in [0.25, 0.3) is 0 Å². The van der Waals surface area contributed by atoms with Gasteiger partial charge in [-0.05, 0) is 25.7 Å². The first-order valence-corrected chi connectivity index (χ1v) is 4.86. The highest BCUT2D eigenvalue weighted by Gasteiger charge is 2.09. The molecule has 0 bridgehead atoms. The monoisotopic (exact) mass is 162 g/mol. The molecular weight excluding hydrogens is 146 g/mol. The van der Waals surface area contributed by atoms with Crippen molar-refractivity contribution in [3.8, 4) is 0 Å². The van der Waals surface area contributed by atoms with Crippen LogP contribution in [0.2, 0.25) is 0 Å². The van der Waals surface area contributed by atoms with Crippen molar-refractivity contribution in [3.63, 3.8) is 0 Å². The Morgan fingerprint density at radius 3 is 2.10 bits per heavy atom. The first kappa shape index (κ1) is 8.35. The second-order valence-electron chi connectivity index (χ2n) is 3.10. The fraction of sp³-hybridized carbons (Fsp3) is 1.00. The maximum absolute atomic E-state index is 5.67. The van der Waals surface area contributed by atoms with E-state index in [2.05, 4.69) is 0 Å². The second-order valence-corrected chi connectivity index (χ2v) is 3.48. The van der Waals surface area contributed by atoms with Crippen LogP contribution in [-0.4, -0.2) is 25.5 Å². The van der Waals surface area contributed by atoms with Crippen LogP contribution in [0.15, 0.2) is 0 Å². The van der Waals surface area contributed by atoms with Crippen LogP contribution in [0.5, 0.6) is 0 Å². The summed E-state index contributed by atoms with van der Waals surface area (Å²) in [5, 5.41) is 0. The summed E-state index contributed by atoms with van der Waals surface area (Å²) < 4.78 is 0. The minimum Gasteiger partial charge on any atom is -0.334 e. The summed E-state index contributed by atoms with van der Waals surface area (Å²) in [6.45, 7) is 3.88. The van der Waals surface area contributed by atoms with Gasteiger partial charge in [0.2, 0.25) is 0 Å². The molecule has 0 saturated carbocycles. The summed E-state index contributed by atoms with van der Waals surface area (Å²) in [4.78, 5) is 1.72. The zero-order chi connectivity index (χ0) is 7.23. The number of quaternary nitrogens is 1. The zero-order valence-electron chi connectivity index (χ0n) is 6.53. The van der Waals surface area contributed by atoms with Crippen molar-refractivity contribution in [1.29, 1.82) is 0 Å². The van der Waals surface area contributed by atoms with Gasteiger partial charge in [-0.2, -0.15) is 0 Å². The molecule has 0 aliphatic carbocycles. The van der Waals surface area contributed by atoms with Gasteiger partial charge < -0.3 is 4.90 Å². The van der Waals surface area contributed by atoms with Gasteiger partial charge in [-0.3, -0.25) is 0 Å². The first-order chi connectivity index (χ1) is 4.93. The molecule has 0 aromatic heterocycles. The standard InChI is InChI=1S/C8H16ClN/c9-5-8-10-6-3-1-2-4-7-10/h1-8H2/p+1. The topological polar surface area (TPSA) is 4.44 Å². The van der Waals surface area contributed by atoms with E-state index in [0.29, 0.717) is 0 Å². The highest BCUT2D eigenvalue weighted by Crippen LogP contribution is 1.98. The van der Waals surface area contributed by atoms with Crippen LogP contribution >= 0.6 is 11.6 Å². The van der Waals surface area contributed by atoms with Gasteiger partial charge in [0.15, 0.2) is 0 Å². The zero-order valence-corrected chi connectivity index (χ0v) is 7.29. The number of rotatable bonds is 2. The van der Waals surface area contributed by atoms with E-state index in [1.165, 1.54) is 45.3 Å². The van der Waals surface area contributed by atoms with Crippen molar-refractivity contribution in [2.24, 2.45) is 0 Å². The number of likely N-dealkylation sites (tertiary alicyclic amines) is 1. The van der Waals surface area contributed by atoms with Crippen molar-refractivity contribution < 1.29 is 4.90 Å². The summed E-state index contributed by atoms with van der Waals surface area (Å²) in [5.41, 5.74) is 0. The van der Waals surface area contributed by atoms with Crippen molar-refractivity contribution in [2.75, 3.05) is 25.5 Å². The van der Waals surface area contributed by atoms with E-state index >= 15 is 0 Å². The molecule has 1 fully saturated rings. The maximum atomic E-state index is 5.67. The quantitative estimate of drug-likeness (QED) is 0.570. The Hall–Kier alpha value is 0.250. The number of alkyl halides is 1. The molecule has 60 valence electrons. The van der Waals surface area contributed by atoms with Crippen LogP contribution in [0.3, 0.4) is 0 Å². The molecule has 0 unspecified atom stereocenters. The minimum absolute atomic E-state index is 0.829. The third-order valence-electron chi connectivity index (χ3n) is 2.26. The molecule has 0 radical (unpaired) electrons. The Kier molecular flexibility index (Phi) is 4.15. The number of nitrogens with one attached hydrogen (secondary N) is 1. The molecule has 1 heterocycles. The predicted molar refractivity (Wildman–Crippen MR) is 44.8 cm³/mol. The van der Waals surface area contributed by atoms with Crippen molar-refractivity contribution in [2.45, 2.75) is 25.7 Å². The molecule has 0 amide bonds. The Balaban J connectivity index is 2.15. The summed E-state index contributed by atoms with van der Waals surface area (Å²) in [6.07, 6.45) is 5.69. The smallest absolute Gasteiger partial charge is 0.0908 e. The van der Waals surface area contributed by atoms with E-state index < -0.39 is 0 Å². The van der Waals surface area contributed by atoms with Gasteiger partial charge in [-0.1, -0.05) is 0 Å². The molecular formula is C8H17ClN+. The van der Waals surface area contributed by atoms with Crippen LogP contribution in [-0.2, 0) is 0 Å². The van der Waals surface area contributed by atoms with Crippen LogP contribution in [0.4, 0.5) is 0 Å². The third-order valence-corrected chi connectivity index (χ3v) is 2.45. The van der Waals surface area contributed by atoms with Crippen LogP contribution in [0.1, 0.15) is 25.7 Å². The molecule has 0 aromatic rings. The predicted octanol–water partition coefficient (Wildman–Crippen LogP) is 0.684. The fourth-order valence-corrected chi connectivity index (χ4v) is 1.88. The number of hydrogen-bond donors (Lipinski definition) is 1. The molecule has 1 aliphatic rings. The highest BCUT2D eigenvalue weighted by molar-refractivity contribution is 6.17. The van der Waals surface area contributed by atoms with Gasteiger partial charge in [-0.25, -0.2) is 0 Å². The molecule has 0 spiro atoms. The normalized spacial score (nSPS) is 22.5. The lowest BCUT2D eigenvalue weighted by Crippen LogP contribution is -3.12. The van der Waals surface area contributed by atoms with E-state index in [1.54, 1.807) is 4.90 Å². The van der Waals surface area contributed by atoms with Gasteiger partial charge in [-0.15, -0.1) is 11.6 Å². The van der Waals surface area contributed by atoms with Gasteiger partial charge in [0.25, 0.3) is 0 Å².